The summed E-state index contributed by atoms with van der Waals surface area (Å²) in [6, 6.07) is 12.5. The predicted octanol–water partition coefficient (Wildman–Crippen LogP) is 3.89. The molecule has 1 atom stereocenters. The Hall–Kier alpha value is -1.51. The van der Waals surface area contributed by atoms with E-state index in [9.17, 15) is 0 Å². The van der Waals surface area contributed by atoms with Crippen molar-refractivity contribution in [3.63, 3.8) is 0 Å². The van der Waals surface area contributed by atoms with Crippen LogP contribution in [0.3, 0.4) is 0 Å². The van der Waals surface area contributed by atoms with Gasteiger partial charge < -0.3 is 10.1 Å². The monoisotopic (exact) mass is 287 g/mol. The van der Waals surface area contributed by atoms with Gasteiger partial charge in [-0.15, -0.1) is 0 Å². The van der Waals surface area contributed by atoms with Gasteiger partial charge in [-0.3, -0.25) is 0 Å². The molecule has 1 aliphatic heterocycles. The molecule has 0 saturated carbocycles. The molecule has 3 heteroatoms. The van der Waals surface area contributed by atoms with Gasteiger partial charge in [0.15, 0.2) is 0 Å². The number of benzene rings is 2. The highest BCUT2D eigenvalue weighted by Gasteiger charge is 2.23. The second kappa shape index (κ2) is 5.47. The highest BCUT2D eigenvalue weighted by molar-refractivity contribution is 6.31. The predicted molar refractivity (Wildman–Crippen MR) is 82.7 cm³/mol. The minimum absolute atomic E-state index is 0.0988. The molecule has 1 heterocycles. The molecule has 0 aromatic heterocycles. The van der Waals surface area contributed by atoms with Crippen LogP contribution in [0, 0.1) is 6.92 Å². The Morgan fingerprint density at radius 2 is 1.90 bits per heavy atom. The second-order valence-corrected chi connectivity index (χ2v) is 5.52. The van der Waals surface area contributed by atoms with Crippen molar-refractivity contribution < 1.29 is 4.74 Å². The number of ether oxygens (including phenoxy) is 1. The molecule has 1 N–H and O–H groups in total. The van der Waals surface area contributed by atoms with Gasteiger partial charge in [-0.1, -0.05) is 41.9 Å². The molecule has 0 aliphatic carbocycles. The highest BCUT2D eigenvalue weighted by Crippen LogP contribution is 2.37. The fourth-order valence-corrected chi connectivity index (χ4v) is 3.07. The van der Waals surface area contributed by atoms with Gasteiger partial charge in [0.1, 0.15) is 5.75 Å². The van der Waals surface area contributed by atoms with Crippen LogP contribution in [0.25, 0.3) is 0 Å². The van der Waals surface area contributed by atoms with Gasteiger partial charge in [0.2, 0.25) is 0 Å². The molecule has 0 amide bonds. The Kier molecular flexibility index (Phi) is 3.68. The molecule has 104 valence electrons. The Morgan fingerprint density at radius 3 is 2.70 bits per heavy atom. The number of rotatable bonds is 3. The van der Waals surface area contributed by atoms with Gasteiger partial charge in [-0.2, -0.15) is 0 Å². The summed E-state index contributed by atoms with van der Waals surface area (Å²) in [6.45, 7) is 2.84. The van der Waals surface area contributed by atoms with Gasteiger partial charge in [0.25, 0.3) is 0 Å². The summed E-state index contributed by atoms with van der Waals surface area (Å²) < 4.78 is 5.83. The van der Waals surface area contributed by atoms with Crippen molar-refractivity contribution in [1.29, 1.82) is 0 Å². The van der Waals surface area contributed by atoms with Crippen LogP contribution in [0.2, 0.25) is 5.02 Å². The SMILES string of the molecule is CNC(c1cccc(Cl)c1C)c1cccc2c1OCC2. The van der Waals surface area contributed by atoms with Crippen molar-refractivity contribution in [2.45, 2.75) is 19.4 Å². The van der Waals surface area contributed by atoms with E-state index in [2.05, 4.69) is 36.5 Å². The van der Waals surface area contributed by atoms with E-state index in [0.29, 0.717) is 0 Å². The zero-order chi connectivity index (χ0) is 14.1. The maximum atomic E-state index is 6.26. The fraction of sp³-hybridized carbons (Fsp3) is 0.294. The molecule has 2 nitrogen and oxygen atoms in total. The van der Waals surface area contributed by atoms with Crippen LogP contribution >= 0.6 is 11.6 Å². The summed E-state index contributed by atoms with van der Waals surface area (Å²) in [6.07, 6.45) is 0.994. The third kappa shape index (κ3) is 2.19. The summed E-state index contributed by atoms with van der Waals surface area (Å²) >= 11 is 6.26. The average molecular weight is 288 g/mol. The molecule has 0 saturated heterocycles. The standard InChI is InChI=1S/C17H18ClNO/c1-11-13(6-4-8-15(11)18)16(19-2)14-7-3-5-12-9-10-20-17(12)14/h3-8,16,19H,9-10H2,1-2H3. The lowest BCUT2D eigenvalue weighted by Crippen LogP contribution is -2.19. The van der Waals surface area contributed by atoms with E-state index in [-0.39, 0.29) is 6.04 Å². The Balaban J connectivity index is 2.11. The lowest BCUT2D eigenvalue weighted by molar-refractivity contribution is 0.351. The first kappa shape index (κ1) is 13.5. The highest BCUT2D eigenvalue weighted by atomic mass is 35.5. The molecule has 2 aromatic rings. The largest absolute Gasteiger partial charge is 0.493 e. The second-order valence-electron chi connectivity index (χ2n) is 5.11. The molecule has 20 heavy (non-hydrogen) atoms. The third-order valence-electron chi connectivity index (χ3n) is 3.97. The zero-order valence-electron chi connectivity index (χ0n) is 11.7. The van der Waals surface area contributed by atoms with Crippen LogP contribution in [0.5, 0.6) is 5.75 Å². The van der Waals surface area contributed by atoms with Crippen LogP contribution in [-0.2, 0) is 6.42 Å². The van der Waals surface area contributed by atoms with Crippen molar-refractivity contribution in [3.8, 4) is 5.75 Å². The number of halogens is 1. The van der Waals surface area contributed by atoms with Gasteiger partial charge in [0.05, 0.1) is 12.6 Å². The van der Waals surface area contributed by atoms with Gasteiger partial charge in [0, 0.05) is 17.0 Å². The molecular formula is C17H18ClNO. The number of para-hydroxylation sites is 1. The van der Waals surface area contributed by atoms with Crippen molar-refractivity contribution >= 4 is 11.6 Å². The van der Waals surface area contributed by atoms with E-state index in [1.807, 2.05) is 19.2 Å². The van der Waals surface area contributed by atoms with Gasteiger partial charge >= 0.3 is 0 Å². The maximum Gasteiger partial charge on any atom is 0.127 e. The van der Waals surface area contributed by atoms with Crippen LogP contribution in [-0.4, -0.2) is 13.7 Å². The first-order valence-corrected chi connectivity index (χ1v) is 7.27. The molecule has 0 fully saturated rings. The number of fused-ring (bicyclic) bond motifs is 1. The third-order valence-corrected chi connectivity index (χ3v) is 4.37. The van der Waals surface area contributed by atoms with Crippen molar-refractivity contribution in [3.05, 3.63) is 63.7 Å². The average Bonchev–Trinajstić information content (AvgIpc) is 2.93. The minimum atomic E-state index is 0.0988. The summed E-state index contributed by atoms with van der Waals surface area (Å²) in [5, 5.41) is 4.20. The van der Waals surface area contributed by atoms with Crippen molar-refractivity contribution in [2.24, 2.45) is 0 Å². The van der Waals surface area contributed by atoms with Crippen LogP contribution in [0.15, 0.2) is 36.4 Å². The first-order chi connectivity index (χ1) is 9.72. The van der Waals surface area contributed by atoms with Crippen molar-refractivity contribution in [1.82, 2.24) is 5.32 Å². The molecular weight excluding hydrogens is 270 g/mol. The fourth-order valence-electron chi connectivity index (χ4n) is 2.88. The number of hydrogen-bond acceptors (Lipinski definition) is 2. The van der Waals surface area contributed by atoms with E-state index >= 15 is 0 Å². The Morgan fingerprint density at radius 1 is 1.15 bits per heavy atom. The van der Waals surface area contributed by atoms with Crippen LogP contribution < -0.4 is 10.1 Å². The van der Waals surface area contributed by atoms with E-state index < -0.39 is 0 Å². The number of hydrogen-bond donors (Lipinski definition) is 1. The van der Waals surface area contributed by atoms with Gasteiger partial charge in [-0.05, 0) is 36.7 Å². The first-order valence-electron chi connectivity index (χ1n) is 6.89. The summed E-state index contributed by atoms with van der Waals surface area (Å²) in [4.78, 5) is 0. The summed E-state index contributed by atoms with van der Waals surface area (Å²) in [7, 11) is 1.97. The summed E-state index contributed by atoms with van der Waals surface area (Å²) in [5.41, 5.74) is 4.79. The smallest absolute Gasteiger partial charge is 0.127 e. The summed E-state index contributed by atoms with van der Waals surface area (Å²) in [5.74, 6) is 1.03. The molecule has 0 radical (unpaired) electrons. The topological polar surface area (TPSA) is 21.3 Å². The van der Waals surface area contributed by atoms with Crippen LogP contribution in [0.4, 0.5) is 0 Å². The van der Waals surface area contributed by atoms with E-state index in [4.69, 9.17) is 16.3 Å². The van der Waals surface area contributed by atoms with E-state index in [1.54, 1.807) is 0 Å². The molecule has 3 rings (SSSR count). The lowest BCUT2D eigenvalue weighted by Gasteiger charge is -2.22. The molecule has 1 aliphatic rings. The molecule has 1 unspecified atom stereocenters. The minimum Gasteiger partial charge on any atom is -0.493 e. The Labute approximate surface area is 124 Å². The molecule has 0 spiro atoms. The normalized spacial score (nSPS) is 14.8. The van der Waals surface area contributed by atoms with Crippen molar-refractivity contribution in [2.75, 3.05) is 13.7 Å². The quantitative estimate of drug-likeness (QED) is 0.925. The van der Waals surface area contributed by atoms with E-state index in [0.717, 1.165) is 29.4 Å². The maximum absolute atomic E-state index is 6.26. The lowest BCUT2D eigenvalue weighted by atomic mass is 9.93. The van der Waals surface area contributed by atoms with Crippen LogP contribution in [0.1, 0.15) is 28.3 Å². The number of nitrogens with one attached hydrogen (secondary N) is 1. The Bertz CT molecular complexity index is 639. The molecule has 2 aromatic carbocycles. The van der Waals surface area contributed by atoms with E-state index in [1.165, 1.54) is 16.7 Å². The van der Waals surface area contributed by atoms with Gasteiger partial charge in [-0.25, -0.2) is 0 Å². The zero-order valence-corrected chi connectivity index (χ0v) is 12.5. The molecule has 0 bridgehead atoms.